The highest BCUT2D eigenvalue weighted by molar-refractivity contribution is 9.10. The number of aromatic amines is 2. The van der Waals surface area contributed by atoms with E-state index >= 15 is 0 Å². The zero-order chi connectivity index (χ0) is 16.8. The van der Waals surface area contributed by atoms with Gasteiger partial charge in [0.25, 0.3) is 0 Å². The van der Waals surface area contributed by atoms with Gasteiger partial charge in [0, 0.05) is 41.6 Å². The summed E-state index contributed by atoms with van der Waals surface area (Å²) in [6.07, 6.45) is 6.65. The maximum atomic E-state index is 4.51. The molecule has 0 radical (unpaired) electrons. The van der Waals surface area contributed by atoms with Gasteiger partial charge in [-0.25, -0.2) is 4.98 Å². The fourth-order valence-electron chi connectivity index (χ4n) is 2.76. The zero-order valence-corrected chi connectivity index (χ0v) is 15.0. The highest BCUT2D eigenvalue weighted by Crippen LogP contribution is 2.40. The predicted molar refractivity (Wildman–Crippen MR) is 97.4 cm³/mol. The quantitative estimate of drug-likeness (QED) is 0.499. The molecule has 0 saturated heterocycles. The van der Waals surface area contributed by atoms with Crippen LogP contribution in [0.2, 0.25) is 0 Å². The van der Waals surface area contributed by atoms with Crippen molar-refractivity contribution in [2.24, 2.45) is 0 Å². The molecular weight excluding hydrogens is 384 g/mol. The first-order valence-electron chi connectivity index (χ1n) is 8.42. The molecule has 128 valence electrons. The number of nitrogens with zero attached hydrogens (tertiary/aromatic N) is 4. The second kappa shape index (κ2) is 5.83. The van der Waals surface area contributed by atoms with E-state index in [9.17, 15) is 0 Å². The summed E-state index contributed by atoms with van der Waals surface area (Å²) in [4.78, 5) is 8.81. The van der Waals surface area contributed by atoms with Gasteiger partial charge in [0.2, 0.25) is 5.95 Å². The lowest BCUT2D eigenvalue weighted by Crippen LogP contribution is -2.02. The Bertz CT molecular complexity index is 909. The van der Waals surface area contributed by atoms with Crippen molar-refractivity contribution >= 4 is 39.3 Å². The average Bonchev–Trinajstić information content (AvgIpc) is 3.54. The molecule has 3 aromatic heterocycles. The Labute approximate surface area is 152 Å². The van der Waals surface area contributed by atoms with Crippen LogP contribution in [0.3, 0.4) is 0 Å². The second-order valence-corrected chi connectivity index (χ2v) is 7.46. The van der Waals surface area contributed by atoms with Crippen LogP contribution >= 0.6 is 15.9 Å². The number of anilines is 4. The second-order valence-electron chi connectivity index (χ2n) is 6.61. The Morgan fingerprint density at radius 2 is 1.52 bits per heavy atom. The fourth-order valence-corrected chi connectivity index (χ4v) is 3.05. The van der Waals surface area contributed by atoms with Crippen LogP contribution in [0.1, 0.15) is 48.9 Å². The third-order valence-corrected chi connectivity index (χ3v) is 5.04. The highest BCUT2D eigenvalue weighted by Gasteiger charge is 2.26. The van der Waals surface area contributed by atoms with Crippen molar-refractivity contribution in [2.75, 3.05) is 10.6 Å². The molecule has 4 N–H and O–H groups in total. The monoisotopic (exact) mass is 400 g/mol. The van der Waals surface area contributed by atoms with E-state index in [-0.39, 0.29) is 0 Å². The summed E-state index contributed by atoms with van der Waals surface area (Å²) in [5, 5.41) is 21.1. The summed E-state index contributed by atoms with van der Waals surface area (Å²) < 4.78 is 0.773. The van der Waals surface area contributed by atoms with Crippen molar-refractivity contribution in [1.82, 2.24) is 30.4 Å². The smallest absolute Gasteiger partial charge is 0.230 e. The van der Waals surface area contributed by atoms with Gasteiger partial charge >= 0.3 is 0 Å². The van der Waals surface area contributed by atoms with E-state index < -0.39 is 0 Å². The van der Waals surface area contributed by atoms with Gasteiger partial charge in [-0.2, -0.15) is 15.2 Å². The molecule has 3 aromatic rings. The Kier molecular flexibility index (Phi) is 3.47. The molecule has 5 rings (SSSR count). The van der Waals surface area contributed by atoms with Crippen molar-refractivity contribution < 1.29 is 0 Å². The minimum absolute atomic E-state index is 0.484. The molecule has 9 heteroatoms. The molecule has 8 nitrogen and oxygen atoms in total. The van der Waals surface area contributed by atoms with Crippen LogP contribution in [0.15, 0.2) is 22.8 Å². The van der Waals surface area contributed by atoms with Gasteiger partial charge < -0.3 is 10.6 Å². The van der Waals surface area contributed by atoms with Crippen LogP contribution in [0, 0.1) is 0 Å². The predicted octanol–water partition coefficient (Wildman–Crippen LogP) is 3.93. The van der Waals surface area contributed by atoms with Gasteiger partial charge in [-0.05, 0) is 41.6 Å². The van der Waals surface area contributed by atoms with Crippen LogP contribution in [0.25, 0.3) is 0 Å². The van der Waals surface area contributed by atoms with E-state index in [4.69, 9.17) is 0 Å². The van der Waals surface area contributed by atoms with Gasteiger partial charge in [-0.15, -0.1) is 0 Å². The summed E-state index contributed by atoms with van der Waals surface area (Å²) in [5.41, 5.74) is 2.34. The van der Waals surface area contributed by atoms with Gasteiger partial charge in [0.15, 0.2) is 17.5 Å². The lowest BCUT2D eigenvalue weighted by Gasteiger charge is -2.07. The fraction of sp³-hybridized carbons (Fsp3) is 0.375. The molecule has 0 atom stereocenters. The van der Waals surface area contributed by atoms with Crippen molar-refractivity contribution in [3.05, 3.63) is 34.2 Å². The first kappa shape index (κ1) is 14.9. The van der Waals surface area contributed by atoms with E-state index in [1.807, 2.05) is 12.1 Å². The normalized spacial score (nSPS) is 16.8. The molecule has 2 saturated carbocycles. The number of rotatable bonds is 6. The number of hydrogen-bond acceptors (Lipinski definition) is 6. The van der Waals surface area contributed by atoms with E-state index in [0.717, 1.165) is 16.1 Å². The van der Waals surface area contributed by atoms with E-state index in [1.165, 1.54) is 37.1 Å². The molecule has 0 aliphatic heterocycles. The molecule has 3 heterocycles. The Balaban J connectivity index is 1.33. The minimum atomic E-state index is 0.484. The van der Waals surface area contributed by atoms with Crippen LogP contribution in [-0.2, 0) is 0 Å². The van der Waals surface area contributed by atoms with Crippen molar-refractivity contribution in [3.63, 3.8) is 0 Å². The van der Waals surface area contributed by atoms with E-state index in [2.05, 4.69) is 56.9 Å². The third kappa shape index (κ3) is 3.23. The van der Waals surface area contributed by atoms with Crippen LogP contribution < -0.4 is 10.6 Å². The molecule has 0 unspecified atom stereocenters. The Hall–Kier alpha value is -2.42. The molecule has 0 amide bonds. The molecule has 0 bridgehead atoms. The summed E-state index contributed by atoms with van der Waals surface area (Å²) in [5.74, 6) is 3.89. The van der Waals surface area contributed by atoms with Gasteiger partial charge in [0.1, 0.15) is 0 Å². The largest absolute Gasteiger partial charge is 0.322 e. The summed E-state index contributed by atoms with van der Waals surface area (Å²) in [6, 6.07) is 4.06. The first-order valence-corrected chi connectivity index (χ1v) is 9.21. The Morgan fingerprint density at radius 1 is 0.920 bits per heavy atom. The first-order chi connectivity index (χ1) is 12.2. The van der Waals surface area contributed by atoms with E-state index in [1.54, 1.807) is 6.20 Å². The maximum Gasteiger partial charge on any atom is 0.230 e. The minimum Gasteiger partial charge on any atom is -0.322 e. The average molecular weight is 401 g/mol. The van der Waals surface area contributed by atoms with Crippen molar-refractivity contribution in [2.45, 2.75) is 37.5 Å². The van der Waals surface area contributed by atoms with Crippen molar-refractivity contribution in [1.29, 1.82) is 0 Å². The summed E-state index contributed by atoms with van der Waals surface area (Å²) in [6.45, 7) is 0. The van der Waals surface area contributed by atoms with Crippen LogP contribution in [0.5, 0.6) is 0 Å². The molecule has 2 aliphatic carbocycles. The molecule has 2 fully saturated rings. The number of hydrogen-bond donors (Lipinski definition) is 4. The molecule has 2 aliphatic rings. The third-order valence-electron chi connectivity index (χ3n) is 4.46. The van der Waals surface area contributed by atoms with E-state index in [0.29, 0.717) is 23.6 Å². The number of halogens is 1. The summed E-state index contributed by atoms with van der Waals surface area (Å²) in [7, 11) is 0. The summed E-state index contributed by atoms with van der Waals surface area (Å²) >= 11 is 3.48. The van der Waals surface area contributed by atoms with Crippen molar-refractivity contribution in [3.8, 4) is 0 Å². The standard InChI is InChI=1S/C16H17BrN8/c17-10-7-18-16(20-14-6-12(23-25-14)9-3-4-9)21-15(10)19-13-5-11(22-24-13)8-1-2-8/h5-9H,1-4H2,(H4,18,19,20,21,22,23,24,25). The van der Waals surface area contributed by atoms with Gasteiger partial charge in [0.05, 0.1) is 4.47 Å². The molecular formula is C16H17BrN8. The van der Waals surface area contributed by atoms with Gasteiger partial charge in [-0.3, -0.25) is 10.2 Å². The Morgan fingerprint density at radius 3 is 2.12 bits per heavy atom. The molecule has 0 spiro atoms. The zero-order valence-electron chi connectivity index (χ0n) is 13.4. The SMILES string of the molecule is Brc1cnc(Nc2cc(C3CC3)[nH]n2)nc1Nc1cc(C2CC2)[nH]n1. The highest BCUT2D eigenvalue weighted by atomic mass is 79.9. The lowest BCUT2D eigenvalue weighted by atomic mass is 10.3. The molecule has 0 aromatic carbocycles. The van der Waals surface area contributed by atoms with Crippen LogP contribution in [0.4, 0.5) is 23.4 Å². The topological polar surface area (TPSA) is 107 Å². The number of nitrogens with one attached hydrogen (secondary N) is 4. The number of aromatic nitrogens is 6. The van der Waals surface area contributed by atoms with Crippen LogP contribution in [-0.4, -0.2) is 30.4 Å². The maximum absolute atomic E-state index is 4.51. The number of H-pyrrole nitrogens is 2. The molecule has 25 heavy (non-hydrogen) atoms. The lowest BCUT2D eigenvalue weighted by molar-refractivity contribution is 0.964. The van der Waals surface area contributed by atoms with Gasteiger partial charge in [-0.1, -0.05) is 0 Å².